The van der Waals surface area contributed by atoms with Crippen LogP contribution in [0.5, 0.6) is 0 Å². The molecule has 1 nitrogen and oxygen atoms in total. The summed E-state index contributed by atoms with van der Waals surface area (Å²) in [5.41, 5.74) is 0. The van der Waals surface area contributed by atoms with Crippen molar-refractivity contribution in [1.29, 1.82) is 5.41 Å². The summed E-state index contributed by atoms with van der Waals surface area (Å²) in [6.45, 7) is 0. The summed E-state index contributed by atoms with van der Waals surface area (Å²) in [6, 6.07) is 0. The van der Waals surface area contributed by atoms with Crippen molar-refractivity contribution in [2.45, 2.75) is 38.5 Å². The third kappa shape index (κ3) is 2.17. The topological polar surface area (TPSA) is 23.9 Å². The highest BCUT2D eigenvalue weighted by molar-refractivity contribution is 5.56. The second-order valence-corrected chi connectivity index (χ2v) is 2.92. The van der Waals surface area contributed by atoms with Gasteiger partial charge in [0.2, 0.25) is 0 Å². The fourth-order valence-electron chi connectivity index (χ4n) is 1.48. The van der Waals surface area contributed by atoms with Gasteiger partial charge in [0.15, 0.2) is 0 Å². The normalized spacial score (nSPS) is 23.1. The summed E-state index contributed by atoms with van der Waals surface area (Å²) in [5, 5.41) is 7.07. The van der Waals surface area contributed by atoms with E-state index < -0.39 is 0 Å². The molecule has 1 rings (SSSR count). The molecule has 0 aromatic rings. The lowest BCUT2D eigenvalue weighted by Gasteiger charge is -2.03. The molecule has 0 aromatic carbocycles. The van der Waals surface area contributed by atoms with Gasteiger partial charge in [0, 0.05) is 0 Å². The second kappa shape index (κ2) is 3.65. The first-order valence-corrected chi connectivity index (χ1v) is 3.94. The molecular formula is C8H15N. The second-order valence-electron chi connectivity index (χ2n) is 2.92. The van der Waals surface area contributed by atoms with Gasteiger partial charge < -0.3 is 5.41 Å². The molecule has 0 aromatic heterocycles. The van der Waals surface area contributed by atoms with Crippen molar-refractivity contribution in [1.82, 2.24) is 0 Å². The molecule has 0 spiro atoms. The van der Waals surface area contributed by atoms with Crippen molar-refractivity contribution in [3.63, 3.8) is 0 Å². The van der Waals surface area contributed by atoms with Crippen LogP contribution < -0.4 is 0 Å². The van der Waals surface area contributed by atoms with Gasteiger partial charge in [-0.15, -0.1) is 0 Å². The first-order chi connectivity index (χ1) is 4.43. The summed E-state index contributed by atoms with van der Waals surface area (Å²) in [5.74, 6) is 0.618. The van der Waals surface area contributed by atoms with E-state index in [1.54, 1.807) is 6.21 Å². The Labute approximate surface area is 57.0 Å². The van der Waals surface area contributed by atoms with Gasteiger partial charge >= 0.3 is 0 Å². The van der Waals surface area contributed by atoms with Gasteiger partial charge in [0.1, 0.15) is 0 Å². The van der Waals surface area contributed by atoms with Crippen molar-refractivity contribution < 1.29 is 0 Å². The molecule has 9 heavy (non-hydrogen) atoms. The van der Waals surface area contributed by atoms with Crippen molar-refractivity contribution >= 4 is 6.21 Å². The van der Waals surface area contributed by atoms with Crippen molar-refractivity contribution in [3.8, 4) is 0 Å². The number of hydrogen-bond donors (Lipinski definition) is 1. The van der Waals surface area contributed by atoms with Gasteiger partial charge in [-0.05, 0) is 25.0 Å². The van der Waals surface area contributed by atoms with E-state index in [2.05, 4.69) is 0 Å². The molecule has 1 saturated carbocycles. The van der Waals surface area contributed by atoms with E-state index >= 15 is 0 Å². The van der Waals surface area contributed by atoms with Crippen LogP contribution in [0.15, 0.2) is 0 Å². The van der Waals surface area contributed by atoms with E-state index in [0.29, 0.717) is 5.92 Å². The molecule has 1 heteroatoms. The van der Waals surface area contributed by atoms with Crippen LogP contribution in [-0.4, -0.2) is 6.21 Å². The third-order valence-corrected chi connectivity index (χ3v) is 2.14. The Morgan fingerprint density at radius 3 is 2.00 bits per heavy atom. The maximum Gasteiger partial charge on any atom is -0.00167 e. The molecule has 1 fully saturated rings. The smallest absolute Gasteiger partial charge is 0.00167 e. The number of rotatable bonds is 1. The molecule has 0 heterocycles. The fourth-order valence-corrected chi connectivity index (χ4v) is 1.48. The monoisotopic (exact) mass is 125 g/mol. The van der Waals surface area contributed by atoms with Crippen LogP contribution >= 0.6 is 0 Å². The highest BCUT2D eigenvalue weighted by atomic mass is 14.3. The summed E-state index contributed by atoms with van der Waals surface area (Å²) in [4.78, 5) is 0. The minimum absolute atomic E-state index is 0.618. The van der Waals surface area contributed by atoms with Gasteiger partial charge in [-0.2, -0.15) is 0 Å². The molecule has 0 saturated heterocycles. The molecule has 0 atom stereocenters. The van der Waals surface area contributed by atoms with Crippen molar-refractivity contribution in [3.05, 3.63) is 0 Å². The van der Waals surface area contributed by atoms with Crippen LogP contribution in [0.1, 0.15) is 38.5 Å². The zero-order chi connectivity index (χ0) is 6.53. The quantitative estimate of drug-likeness (QED) is 0.411. The van der Waals surface area contributed by atoms with Crippen LogP contribution in [0.25, 0.3) is 0 Å². The van der Waals surface area contributed by atoms with E-state index in [-0.39, 0.29) is 0 Å². The van der Waals surface area contributed by atoms with Gasteiger partial charge in [-0.3, -0.25) is 0 Å². The van der Waals surface area contributed by atoms with Gasteiger partial charge in [0.25, 0.3) is 0 Å². The average molecular weight is 125 g/mol. The molecule has 0 bridgehead atoms. The average Bonchev–Trinajstić information content (AvgIpc) is 2.13. The minimum Gasteiger partial charge on any atom is -0.313 e. The highest BCUT2D eigenvalue weighted by Gasteiger charge is 2.07. The predicted molar refractivity (Wildman–Crippen MR) is 40.0 cm³/mol. The molecule has 0 unspecified atom stereocenters. The SMILES string of the molecule is N=CC1CCCCCC1. The standard InChI is InChI=1S/C8H15N/c9-7-8-5-3-1-2-4-6-8/h7-9H,1-6H2. The molecule has 0 radical (unpaired) electrons. The highest BCUT2D eigenvalue weighted by Crippen LogP contribution is 2.20. The lowest BCUT2D eigenvalue weighted by atomic mass is 10.0. The van der Waals surface area contributed by atoms with Gasteiger partial charge in [0.05, 0.1) is 0 Å². The predicted octanol–water partition coefficient (Wildman–Crippen LogP) is 2.61. The Morgan fingerprint density at radius 1 is 1.00 bits per heavy atom. The van der Waals surface area contributed by atoms with E-state index in [9.17, 15) is 0 Å². The Kier molecular flexibility index (Phi) is 2.75. The van der Waals surface area contributed by atoms with E-state index in [4.69, 9.17) is 5.41 Å². The molecule has 1 aliphatic carbocycles. The Balaban J connectivity index is 2.26. The zero-order valence-corrected chi connectivity index (χ0v) is 5.90. The molecule has 1 N–H and O–H groups in total. The number of nitrogens with one attached hydrogen (secondary N) is 1. The maximum absolute atomic E-state index is 7.07. The van der Waals surface area contributed by atoms with Crippen LogP contribution in [0.3, 0.4) is 0 Å². The maximum atomic E-state index is 7.07. The Morgan fingerprint density at radius 2 is 1.56 bits per heavy atom. The van der Waals surface area contributed by atoms with Crippen LogP contribution in [-0.2, 0) is 0 Å². The molecule has 0 aliphatic heterocycles. The largest absolute Gasteiger partial charge is 0.313 e. The first-order valence-electron chi connectivity index (χ1n) is 3.94. The Bertz CT molecular complexity index is 80.6. The molecule has 0 amide bonds. The van der Waals surface area contributed by atoms with Crippen LogP contribution in [0.4, 0.5) is 0 Å². The molecular weight excluding hydrogens is 110 g/mol. The van der Waals surface area contributed by atoms with Crippen LogP contribution in [0, 0.1) is 11.3 Å². The summed E-state index contributed by atoms with van der Waals surface area (Å²) < 4.78 is 0. The lowest BCUT2D eigenvalue weighted by molar-refractivity contribution is 0.600. The Hall–Kier alpha value is -0.330. The zero-order valence-electron chi connectivity index (χ0n) is 5.90. The van der Waals surface area contributed by atoms with E-state index in [1.165, 1.54) is 38.5 Å². The van der Waals surface area contributed by atoms with Crippen molar-refractivity contribution in [2.75, 3.05) is 0 Å². The third-order valence-electron chi connectivity index (χ3n) is 2.14. The van der Waals surface area contributed by atoms with E-state index in [1.807, 2.05) is 0 Å². The summed E-state index contributed by atoms with van der Waals surface area (Å²) in [7, 11) is 0. The summed E-state index contributed by atoms with van der Waals surface area (Å²) in [6.07, 6.45) is 9.65. The van der Waals surface area contributed by atoms with Crippen LogP contribution in [0.2, 0.25) is 0 Å². The van der Waals surface area contributed by atoms with E-state index in [0.717, 1.165) is 0 Å². The fraction of sp³-hybridized carbons (Fsp3) is 0.875. The summed E-state index contributed by atoms with van der Waals surface area (Å²) >= 11 is 0. The molecule has 52 valence electrons. The molecule has 1 aliphatic rings. The van der Waals surface area contributed by atoms with Gasteiger partial charge in [-0.25, -0.2) is 0 Å². The number of hydrogen-bond acceptors (Lipinski definition) is 1. The first kappa shape index (κ1) is 6.79. The van der Waals surface area contributed by atoms with Crippen molar-refractivity contribution in [2.24, 2.45) is 5.92 Å². The minimum atomic E-state index is 0.618. The lowest BCUT2D eigenvalue weighted by Crippen LogP contribution is -1.97. The van der Waals surface area contributed by atoms with Gasteiger partial charge in [-0.1, -0.05) is 25.7 Å².